The Bertz CT molecular complexity index is 585. The molecule has 2 rings (SSSR count). The van der Waals surface area contributed by atoms with Crippen LogP contribution in [0.4, 0.5) is 0 Å². The standard InChI is InChI=1S/C11H14N2OS2/c1-8(7-16(2)14)13-10-6-4-3-5-9(10)12-11(13)15/h3-6,8H,7H2,1-2H3,(H,12,15). The Morgan fingerprint density at radius 3 is 2.88 bits per heavy atom. The summed E-state index contributed by atoms with van der Waals surface area (Å²) in [5.74, 6) is 0.621. The molecule has 0 aliphatic carbocycles. The number of nitrogens with zero attached hydrogens (tertiary/aromatic N) is 1. The van der Waals surface area contributed by atoms with Crippen molar-refractivity contribution in [3.05, 3.63) is 29.0 Å². The summed E-state index contributed by atoms with van der Waals surface area (Å²) < 4.78 is 14.0. The molecule has 0 amide bonds. The molecule has 16 heavy (non-hydrogen) atoms. The molecule has 1 aromatic carbocycles. The SMILES string of the molecule is CC(CS(C)=O)n1c(=S)[nH]c2ccccc21. The number of benzene rings is 1. The van der Waals surface area contributed by atoms with E-state index in [1.807, 2.05) is 35.8 Å². The number of rotatable bonds is 3. The molecule has 3 nitrogen and oxygen atoms in total. The lowest BCUT2D eigenvalue weighted by atomic mass is 10.3. The monoisotopic (exact) mass is 254 g/mol. The van der Waals surface area contributed by atoms with Crippen LogP contribution in [-0.2, 0) is 10.8 Å². The van der Waals surface area contributed by atoms with Crippen molar-refractivity contribution < 1.29 is 4.21 Å². The lowest BCUT2D eigenvalue weighted by Gasteiger charge is -2.12. The van der Waals surface area contributed by atoms with Crippen LogP contribution in [-0.4, -0.2) is 25.8 Å². The Morgan fingerprint density at radius 1 is 1.50 bits per heavy atom. The van der Waals surface area contributed by atoms with Crippen LogP contribution in [0.5, 0.6) is 0 Å². The van der Waals surface area contributed by atoms with Gasteiger partial charge in [0.05, 0.1) is 11.0 Å². The van der Waals surface area contributed by atoms with Crippen molar-refractivity contribution in [2.45, 2.75) is 13.0 Å². The van der Waals surface area contributed by atoms with E-state index in [1.54, 1.807) is 6.26 Å². The van der Waals surface area contributed by atoms with E-state index in [0.29, 0.717) is 10.5 Å². The minimum atomic E-state index is -0.812. The van der Waals surface area contributed by atoms with Crippen LogP contribution >= 0.6 is 12.2 Å². The van der Waals surface area contributed by atoms with Crippen LogP contribution in [0.15, 0.2) is 24.3 Å². The van der Waals surface area contributed by atoms with E-state index in [4.69, 9.17) is 12.2 Å². The predicted octanol–water partition coefficient (Wildman–Crippen LogP) is 2.64. The summed E-state index contributed by atoms with van der Waals surface area (Å²) in [5, 5.41) is 0. The number of fused-ring (bicyclic) bond motifs is 1. The van der Waals surface area contributed by atoms with Gasteiger partial charge in [0.1, 0.15) is 0 Å². The van der Waals surface area contributed by atoms with Gasteiger partial charge in [0, 0.05) is 28.9 Å². The first-order chi connectivity index (χ1) is 7.59. The Labute approximate surface area is 102 Å². The van der Waals surface area contributed by atoms with Gasteiger partial charge in [-0.05, 0) is 31.3 Å². The number of aromatic nitrogens is 2. The topological polar surface area (TPSA) is 37.8 Å². The number of hydrogen-bond acceptors (Lipinski definition) is 2. The fraction of sp³-hybridized carbons (Fsp3) is 0.364. The highest BCUT2D eigenvalue weighted by Crippen LogP contribution is 2.19. The zero-order valence-electron chi connectivity index (χ0n) is 9.27. The lowest BCUT2D eigenvalue weighted by Crippen LogP contribution is -2.12. The van der Waals surface area contributed by atoms with E-state index in [1.165, 1.54) is 0 Å². The van der Waals surface area contributed by atoms with E-state index in [0.717, 1.165) is 11.0 Å². The van der Waals surface area contributed by atoms with Gasteiger partial charge < -0.3 is 9.55 Å². The van der Waals surface area contributed by atoms with Crippen molar-refractivity contribution in [3.63, 3.8) is 0 Å². The molecule has 0 saturated carbocycles. The number of H-pyrrole nitrogens is 1. The third-order valence-electron chi connectivity index (χ3n) is 2.54. The zero-order valence-corrected chi connectivity index (χ0v) is 10.9. The van der Waals surface area contributed by atoms with Gasteiger partial charge in [-0.3, -0.25) is 4.21 Å². The number of para-hydroxylation sites is 2. The highest BCUT2D eigenvalue weighted by Gasteiger charge is 2.11. The average Bonchev–Trinajstić information content (AvgIpc) is 2.52. The van der Waals surface area contributed by atoms with Gasteiger partial charge in [-0.15, -0.1) is 0 Å². The summed E-state index contributed by atoms with van der Waals surface area (Å²) in [5.41, 5.74) is 2.10. The van der Waals surface area contributed by atoms with E-state index in [9.17, 15) is 4.21 Å². The molecule has 86 valence electrons. The molecular formula is C11H14N2OS2. The van der Waals surface area contributed by atoms with E-state index in [2.05, 4.69) is 4.98 Å². The second-order valence-corrected chi connectivity index (χ2v) is 5.77. The third kappa shape index (κ3) is 2.10. The smallest absolute Gasteiger partial charge is 0.178 e. The second-order valence-electron chi connectivity index (χ2n) is 3.91. The summed E-state index contributed by atoms with van der Waals surface area (Å²) >= 11 is 5.29. The maximum atomic E-state index is 11.3. The molecule has 1 N–H and O–H groups in total. The van der Waals surface area contributed by atoms with Crippen LogP contribution in [0.3, 0.4) is 0 Å². The molecule has 0 saturated heterocycles. The van der Waals surface area contributed by atoms with Gasteiger partial charge in [0.2, 0.25) is 0 Å². The Hall–Kier alpha value is -0.940. The first kappa shape index (κ1) is 11.5. The summed E-state index contributed by atoms with van der Waals surface area (Å²) in [7, 11) is -0.812. The van der Waals surface area contributed by atoms with Crippen LogP contribution in [0.25, 0.3) is 11.0 Å². The minimum absolute atomic E-state index is 0.148. The largest absolute Gasteiger partial charge is 0.331 e. The fourth-order valence-electron chi connectivity index (χ4n) is 1.93. The summed E-state index contributed by atoms with van der Waals surface area (Å²) in [6.45, 7) is 2.04. The second kappa shape index (κ2) is 4.51. The molecule has 0 bridgehead atoms. The predicted molar refractivity (Wildman–Crippen MR) is 70.8 cm³/mol. The highest BCUT2D eigenvalue weighted by atomic mass is 32.2. The first-order valence-electron chi connectivity index (χ1n) is 5.09. The van der Waals surface area contributed by atoms with Crippen LogP contribution < -0.4 is 0 Å². The molecule has 0 aliphatic heterocycles. The van der Waals surface area contributed by atoms with Crippen molar-refractivity contribution in [1.82, 2.24) is 9.55 Å². The van der Waals surface area contributed by atoms with Gasteiger partial charge in [-0.25, -0.2) is 0 Å². The number of aromatic amines is 1. The zero-order chi connectivity index (χ0) is 11.7. The van der Waals surface area contributed by atoms with Crippen molar-refractivity contribution in [1.29, 1.82) is 0 Å². The minimum Gasteiger partial charge on any atom is -0.331 e. The molecule has 1 heterocycles. The van der Waals surface area contributed by atoms with Gasteiger partial charge in [-0.1, -0.05) is 12.1 Å². The molecule has 2 atom stereocenters. The molecule has 2 aromatic rings. The Morgan fingerprint density at radius 2 is 2.19 bits per heavy atom. The Kier molecular flexibility index (Phi) is 3.25. The molecule has 5 heteroatoms. The van der Waals surface area contributed by atoms with Crippen LogP contribution in [0.2, 0.25) is 0 Å². The van der Waals surface area contributed by atoms with Gasteiger partial charge in [0.15, 0.2) is 4.77 Å². The third-order valence-corrected chi connectivity index (χ3v) is 3.79. The lowest BCUT2D eigenvalue weighted by molar-refractivity contribution is 0.605. The molecule has 1 aromatic heterocycles. The van der Waals surface area contributed by atoms with E-state index < -0.39 is 10.8 Å². The fourth-order valence-corrected chi connectivity index (χ4v) is 3.14. The van der Waals surface area contributed by atoms with Crippen molar-refractivity contribution >= 4 is 34.1 Å². The summed E-state index contributed by atoms with van der Waals surface area (Å²) in [4.78, 5) is 3.16. The molecule has 2 unspecified atom stereocenters. The number of nitrogens with one attached hydrogen (secondary N) is 1. The first-order valence-corrected chi connectivity index (χ1v) is 7.22. The number of imidazole rings is 1. The molecular weight excluding hydrogens is 240 g/mol. The van der Waals surface area contributed by atoms with Crippen molar-refractivity contribution in [3.8, 4) is 0 Å². The average molecular weight is 254 g/mol. The van der Waals surface area contributed by atoms with Gasteiger partial charge >= 0.3 is 0 Å². The normalized spacial score (nSPS) is 15.1. The van der Waals surface area contributed by atoms with Gasteiger partial charge in [-0.2, -0.15) is 0 Å². The summed E-state index contributed by atoms with van der Waals surface area (Å²) in [6, 6.07) is 8.13. The maximum Gasteiger partial charge on any atom is 0.178 e. The van der Waals surface area contributed by atoms with Crippen LogP contribution in [0, 0.1) is 4.77 Å². The molecule has 0 aliphatic rings. The van der Waals surface area contributed by atoms with Crippen molar-refractivity contribution in [2.75, 3.05) is 12.0 Å². The van der Waals surface area contributed by atoms with Gasteiger partial charge in [0.25, 0.3) is 0 Å². The van der Waals surface area contributed by atoms with Crippen LogP contribution in [0.1, 0.15) is 13.0 Å². The highest BCUT2D eigenvalue weighted by molar-refractivity contribution is 7.84. The Balaban J connectivity index is 2.55. The quantitative estimate of drug-likeness (QED) is 0.855. The van der Waals surface area contributed by atoms with E-state index in [-0.39, 0.29) is 6.04 Å². The molecule has 0 spiro atoms. The molecule has 0 radical (unpaired) electrons. The molecule has 0 fully saturated rings. The number of hydrogen-bond donors (Lipinski definition) is 1. The summed E-state index contributed by atoms with van der Waals surface area (Å²) in [6.07, 6.45) is 1.72. The maximum absolute atomic E-state index is 11.3. The van der Waals surface area contributed by atoms with Crippen molar-refractivity contribution in [2.24, 2.45) is 0 Å². The van der Waals surface area contributed by atoms with E-state index >= 15 is 0 Å².